The van der Waals surface area contributed by atoms with Gasteiger partial charge in [-0.05, 0) is 66.5 Å². The summed E-state index contributed by atoms with van der Waals surface area (Å²) in [5, 5.41) is 9.16. The number of rotatable bonds is 20. The second-order valence-corrected chi connectivity index (χ2v) is 12.0. The van der Waals surface area contributed by atoms with Crippen molar-refractivity contribution < 1.29 is 24.2 Å². The van der Waals surface area contributed by atoms with Crippen LogP contribution in [0.5, 0.6) is 5.75 Å². The molecular formula is C42H47NO5. The highest BCUT2D eigenvalue weighted by atomic mass is 16.5. The summed E-state index contributed by atoms with van der Waals surface area (Å²) in [6, 6.07) is 37.0. The molecule has 4 aromatic rings. The Balaban J connectivity index is 1.65. The van der Waals surface area contributed by atoms with Gasteiger partial charge in [-0.1, -0.05) is 115 Å². The maximum atomic E-state index is 14.7. The molecule has 6 heteroatoms. The van der Waals surface area contributed by atoms with Crippen molar-refractivity contribution in [1.29, 1.82) is 0 Å². The van der Waals surface area contributed by atoms with E-state index in [2.05, 4.69) is 13.2 Å². The Morgan fingerprint density at radius 1 is 0.667 bits per heavy atom. The molecule has 4 rings (SSSR count). The van der Waals surface area contributed by atoms with Gasteiger partial charge in [0.15, 0.2) is 0 Å². The summed E-state index contributed by atoms with van der Waals surface area (Å²) in [6.45, 7) is 8.33. The van der Waals surface area contributed by atoms with Crippen molar-refractivity contribution in [2.45, 2.75) is 44.7 Å². The molecule has 48 heavy (non-hydrogen) atoms. The number of ether oxygens (including phenoxy) is 2. The van der Waals surface area contributed by atoms with Crippen molar-refractivity contribution in [3.63, 3.8) is 0 Å². The lowest BCUT2D eigenvalue weighted by Gasteiger charge is -2.35. The van der Waals surface area contributed by atoms with Crippen LogP contribution in [0.4, 0.5) is 0 Å². The minimum absolute atomic E-state index is 0.0248. The Morgan fingerprint density at radius 3 is 1.69 bits per heavy atom. The number of aliphatic hydroxyl groups excluding tert-OH is 1. The molecule has 0 aromatic heterocycles. The van der Waals surface area contributed by atoms with Gasteiger partial charge < -0.3 is 19.5 Å². The molecule has 1 N–H and O–H groups in total. The fourth-order valence-electron chi connectivity index (χ4n) is 5.85. The molecule has 250 valence electrons. The standard InChI is InChI=1S/C42H47NO5/c1-3-14-37(28-33-16-8-5-9-17-33)41(45)43(31-36-22-24-40(25-23-36)47-27-26-44)39(30-35-20-12-7-13-21-35)32-48-42(46)38(15-4-2)29-34-18-10-6-11-19-34/h3-13,16-25,37-39,44H,1-2,14-15,26-32H2/t37-,38-,39+/m1/s1. The number of carbonyl (C=O) groups is 2. The van der Waals surface area contributed by atoms with E-state index in [1.807, 2.05) is 120 Å². The molecule has 4 aromatic carbocycles. The second-order valence-electron chi connectivity index (χ2n) is 12.0. The van der Waals surface area contributed by atoms with Crippen molar-refractivity contribution in [1.82, 2.24) is 4.90 Å². The van der Waals surface area contributed by atoms with Crippen molar-refractivity contribution in [2.75, 3.05) is 19.8 Å². The van der Waals surface area contributed by atoms with Crippen LogP contribution in [0.1, 0.15) is 35.1 Å². The predicted molar refractivity (Wildman–Crippen MR) is 191 cm³/mol. The molecule has 0 fully saturated rings. The van der Waals surface area contributed by atoms with Crippen molar-refractivity contribution >= 4 is 11.9 Å². The van der Waals surface area contributed by atoms with E-state index in [1.54, 1.807) is 12.2 Å². The summed E-state index contributed by atoms with van der Waals surface area (Å²) in [5.74, 6) is -0.423. The molecule has 0 heterocycles. The minimum Gasteiger partial charge on any atom is -0.491 e. The van der Waals surface area contributed by atoms with Crippen molar-refractivity contribution in [3.8, 4) is 5.75 Å². The van der Waals surface area contributed by atoms with Gasteiger partial charge >= 0.3 is 5.97 Å². The zero-order chi connectivity index (χ0) is 34.0. The monoisotopic (exact) mass is 645 g/mol. The van der Waals surface area contributed by atoms with Gasteiger partial charge in [0, 0.05) is 12.5 Å². The maximum absolute atomic E-state index is 14.7. The van der Waals surface area contributed by atoms with Crippen LogP contribution in [0.25, 0.3) is 0 Å². The third-order valence-corrected chi connectivity index (χ3v) is 8.33. The van der Waals surface area contributed by atoms with Crippen LogP contribution in [-0.2, 0) is 40.1 Å². The SMILES string of the molecule is C=CC[C@H](Cc1ccccc1)C(=O)OC[C@H](Cc1ccccc1)N(Cc1ccc(OCCO)cc1)C(=O)[C@H](CC=C)Cc1ccccc1. The number of aliphatic hydroxyl groups is 1. The van der Waals surface area contributed by atoms with Gasteiger partial charge in [0.1, 0.15) is 19.0 Å². The Hall–Kier alpha value is -4.94. The average molecular weight is 646 g/mol. The van der Waals surface area contributed by atoms with Crippen LogP contribution in [0.15, 0.2) is 141 Å². The van der Waals surface area contributed by atoms with Crippen LogP contribution in [0.2, 0.25) is 0 Å². The summed E-state index contributed by atoms with van der Waals surface area (Å²) in [4.78, 5) is 30.2. The molecule has 0 aliphatic heterocycles. The van der Waals surface area contributed by atoms with E-state index in [0.717, 1.165) is 22.3 Å². The third-order valence-electron chi connectivity index (χ3n) is 8.33. The minimum atomic E-state index is -0.432. The summed E-state index contributed by atoms with van der Waals surface area (Å²) >= 11 is 0. The van der Waals surface area contributed by atoms with Gasteiger partial charge in [-0.25, -0.2) is 0 Å². The molecule has 0 bridgehead atoms. The summed E-state index contributed by atoms with van der Waals surface area (Å²) in [7, 11) is 0. The predicted octanol–water partition coefficient (Wildman–Crippen LogP) is 7.41. The highest BCUT2D eigenvalue weighted by molar-refractivity contribution is 5.80. The van der Waals surface area contributed by atoms with Gasteiger partial charge in [0.25, 0.3) is 0 Å². The first-order chi connectivity index (χ1) is 23.5. The Bertz CT molecular complexity index is 1540. The molecule has 0 saturated carbocycles. The summed E-state index contributed by atoms with van der Waals surface area (Å²) in [6.07, 6.45) is 6.16. The topological polar surface area (TPSA) is 76.1 Å². The number of allylic oxidation sites excluding steroid dienone is 2. The van der Waals surface area contributed by atoms with E-state index in [1.165, 1.54) is 0 Å². The first kappa shape index (κ1) is 35.9. The highest BCUT2D eigenvalue weighted by Crippen LogP contribution is 2.24. The maximum Gasteiger partial charge on any atom is 0.309 e. The smallest absolute Gasteiger partial charge is 0.309 e. The van der Waals surface area contributed by atoms with Crippen LogP contribution in [0.3, 0.4) is 0 Å². The van der Waals surface area contributed by atoms with E-state index >= 15 is 0 Å². The van der Waals surface area contributed by atoms with E-state index in [9.17, 15) is 9.59 Å². The van der Waals surface area contributed by atoms with Crippen molar-refractivity contribution in [2.24, 2.45) is 11.8 Å². The first-order valence-corrected chi connectivity index (χ1v) is 16.6. The van der Waals surface area contributed by atoms with E-state index < -0.39 is 6.04 Å². The summed E-state index contributed by atoms with van der Waals surface area (Å²) in [5.41, 5.74) is 4.08. The largest absolute Gasteiger partial charge is 0.491 e. The van der Waals surface area contributed by atoms with E-state index in [4.69, 9.17) is 14.6 Å². The van der Waals surface area contributed by atoms with Crippen molar-refractivity contribution in [3.05, 3.63) is 163 Å². The van der Waals surface area contributed by atoms with Crippen LogP contribution in [0, 0.1) is 11.8 Å². The van der Waals surface area contributed by atoms with E-state index in [-0.39, 0.29) is 43.5 Å². The lowest BCUT2D eigenvalue weighted by molar-refractivity contribution is -0.153. The molecule has 0 aliphatic rings. The lowest BCUT2D eigenvalue weighted by atomic mass is 9.93. The molecular weight excluding hydrogens is 598 g/mol. The average Bonchev–Trinajstić information content (AvgIpc) is 3.12. The Kier molecular flexibility index (Phi) is 14.7. The lowest BCUT2D eigenvalue weighted by Crippen LogP contribution is -2.47. The number of hydrogen-bond donors (Lipinski definition) is 1. The molecule has 0 unspecified atom stereocenters. The van der Waals surface area contributed by atoms with Gasteiger partial charge in [-0.15, -0.1) is 13.2 Å². The molecule has 0 spiro atoms. The number of amides is 1. The number of nitrogens with zero attached hydrogens (tertiary/aromatic N) is 1. The van der Waals surface area contributed by atoms with Gasteiger partial charge in [0.2, 0.25) is 5.91 Å². The van der Waals surface area contributed by atoms with Crippen LogP contribution < -0.4 is 4.74 Å². The summed E-state index contributed by atoms with van der Waals surface area (Å²) < 4.78 is 11.7. The molecule has 0 radical (unpaired) electrons. The number of esters is 1. The Morgan fingerprint density at radius 2 is 1.17 bits per heavy atom. The van der Waals surface area contributed by atoms with Crippen LogP contribution in [-0.4, -0.2) is 47.7 Å². The first-order valence-electron chi connectivity index (χ1n) is 16.6. The zero-order valence-corrected chi connectivity index (χ0v) is 27.7. The zero-order valence-electron chi connectivity index (χ0n) is 27.7. The fourth-order valence-corrected chi connectivity index (χ4v) is 5.85. The molecule has 1 amide bonds. The Labute approximate surface area is 285 Å². The number of carbonyl (C=O) groups excluding carboxylic acids is 2. The van der Waals surface area contributed by atoms with E-state index in [0.29, 0.717) is 44.4 Å². The van der Waals surface area contributed by atoms with Crippen LogP contribution >= 0.6 is 0 Å². The second kappa shape index (κ2) is 19.7. The quantitative estimate of drug-likeness (QED) is 0.0801. The molecule has 0 aliphatic carbocycles. The molecule has 0 saturated heterocycles. The normalized spacial score (nSPS) is 12.7. The fraction of sp³-hybridized carbons (Fsp3) is 0.286. The third kappa shape index (κ3) is 11.4. The highest BCUT2D eigenvalue weighted by Gasteiger charge is 2.31. The number of benzene rings is 4. The molecule has 3 atom stereocenters. The van der Waals surface area contributed by atoms with Gasteiger partial charge in [-0.2, -0.15) is 0 Å². The van der Waals surface area contributed by atoms with Gasteiger partial charge in [0.05, 0.1) is 18.6 Å². The number of hydrogen-bond acceptors (Lipinski definition) is 5. The molecule has 6 nitrogen and oxygen atoms in total. The van der Waals surface area contributed by atoms with Gasteiger partial charge in [-0.3, -0.25) is 9.59 Å².